The van der Waals surface area contributed by atoms with E-state index in [0.29, 0.717) is 4.83 Å². The van der Waals surface area contributed by atoms with Crippen molar-refractivity contribution in [1.82, 2.24) is 0 Å². The van der Waals surface area contributed by atoms with Crippen molar-refractivity contribution in [3.8, 4) is 0 Å². The molecule has 1 aliphatic carbocycles. The number of benzene rings is 1. The second-order valence-corrected chi connectivity index (χ2v) is 5.84. The zero-order valence-electron chi connectivity index (χ0n) is 9.59. The molecule has 0 heterocycles. The number of hydrogen-bond acceptors (Lipinski definition) is 0. The van der Waals surface area contributed by atoms with E-state index in [1.54, 1.807) is 11.1 Å². The summed E-state index contributed by atoms with van der Waals surface area (Å²) in [6, 6.07) is 7.02. The van der Waals surface area contributed by atoms with Crippen LogP contribution in [-0.2, 0) is 12.8 Å². The zero-order valence-corrected chi connectivity index (χ0v) is 11.2. The largest absolute Gasteiger partial charge is 0.0839 e. The Morgan fingerprint density at radius 2 is 2.20 bits per heavy atom. The second-order valence-electron chi connectivity index (χ2n) is 4.73. The number of hydrogen-bond donors (Lipinski definition) is 0. The van der Waals surface area contributed by atoms with Gasteiger partial charge in [0.25, 0.3) is 0 Å². The van der Waals surface area contributed by atoms with E-state index in [9.17, 15) is 0 Å². The van der Waals surface area contributed by atoms with Gasteiger partial charge in [-0.05, 0) is 48.3 Å². The highest BCUT2D eigenvalue weighted by Crippen LogP contribution is 2.37. The molecule has 1 aromatic carbocycles. The van der Waals surface area contributed by atoms with Crippen LogP contribution in [0.4, 0.5) is 0 Å². The van der Waals surface area contributed by atoms with Crippen LogP contribution in [0.15, 0.2) is 18.2 Å². The van der Waals surface area contributed by atoms with E-state index >= 15 is 0 Å². The van der Waals surface area contributed by atoms with Gasteiger partial charge in [-0.25, -0.2) is 0 Å². The van der Waals surface area contributed by atoms with Gasteiger partial charge in [0.1, 0.15) is 0 Å². The predicted molar refractivity (Wildman–Crippen MR) is 69.6 cm³/mol. The average molecular weight is 267 g/mol. The monoisotopic (exact) mass is 266 g/mol. The molecule has 0 bridgehead atoms. The Bertz CT molecular complexity index is 343. The van der Waals surface area contributed by atoms with Crippen molar-refractivity contribution in [1.29, 1.82) is 0 Å². The first kappa shape index (κ1) is 11.2. The Kier molecular flexibility index (Phi) is 3.50. The first-order chi connectivity index (χ1) is 7.20. The Morgan fingerprint density at radius 1 is 1.40 bits per heavy atom. The fourth-order valence-corrected chi connectivity index (χ4v) is 3.45. The molecule has 0 aromatic heterocycles. The maximum absolute atomic E-state index is 3.84. The molecule has 0 fully saturated rings. The molecule has 82 valence electrons. The standard InChI is InChI=1S/C14H19Br/c1-3-11-5-7-12-6-4-10(2)8-14(15)13(12)9-11/h5,7,9-10,14H,3-4,6,8H2,1-2H3. The summed E-state index contributed by atoms with van der Waals surface area (Å²) in [7, 11) is 0. The topological polar surface area (TPSA) is 0 Å². The van der Waals surface area contributed by atoms with Crippen LogP contribution in [-0.4, -0.2) is 0 Å². The van der Waals surface area contributed by atoms with Crippen molar-refractivity contribution in [3.63, 3.8) is 0 Å². The van der Waals surface area contributed by atoms with E-state index in [-0.39, 0.29) is 0 Å². The number of fused-ring (bicyclic) bond motifs is 1. The normalized spacial score (nSPS) is 25.8. The third-order valence-electron chi connectivity index (χ3n) is 3.47. The molecule has 0 saturated heterocycles. The van der Waals surface area contributed by atoms with E-state index in [0.717, 1.165) is 12.3 Å². The zero-order chi connectivity index (χ0) is 10.8. The molecule has 0 saturated carbocycles. The van der Waals surface area contributed by atoms with E-state index < -0.39 is 0 Å². The van der Waals surface area contributed by atoms with Crippen LogP contribution >= 0.6 is 15.9 Å². The molecular weight excluding hydrogens is 248 g/mol. The maximum Gasteiger partial charge on any atom is 0.0400 e. The highest BCUT2D eigenvalue weighted by molar-refractivity contribution is 9.09. The molecule has 0 nitrogen and oxygen atoms in total. The van der Waals surface area contributed by atoms with Gasteiger partial charge in [-0.2, -0.15) is 0 Å². The highest BCUT2D eigenvalue weighted by Gasteiger charge is 2.20. The van der Waals surface area contributed by atoms with E-state index in [1.165, 1.54) is 24.8 Å². The van der Waals surface area contributed by atoms with Crippen molar-refractivity contribution < 1.29 is 0 Å². The summed E-state index contributed by atoms with van der Waals surface area (Å²) in [6.07, 6.45) is 5.01. The summed E-state index contributed by atoms with van der Waals surface area (Å²) in [5.74, 6) is 0.840. The summed E-state index contributed by atoms with van der Waals surface area (Å²) >= 11 is 3.84. The van der Waals surface area contributed by atoms with Gasteiger partial charge in [0.15, 0.2) is 0 Å². The third-order valence-corrected chi connectivity index (χ3v) is 4.34. The van der Waals surface area contributed by atoms with Crippen LogP contribution in [0.5, 0.6) is 0 Å². The van der Waals surface area contributed by atoms with Crippen molar-refractivity contribution >= 4 is 15.9 Å². The van der Waals surface area contributed by atoms with Crippen molar-refractivity contribution in [2.45, 2.75) is 44.4 Å². The summed E-state index contributed by atoms with van der Waals surface area (Å²) in [5, 5.41) is 0. The lowest BCUT2D eigenvalue weighted by molar-refractivity contribution is 0.508. The molecule has 0 spiro atoms. The van der Waals surface area contributed by atoms with Gasteiger partial charge in [-0.3, -0.25) is 0 Å². The smallest absolute Gasteiger partial charge is 0.0400 e. The quantitative estimate of drug-likeness (QED) is 0.513. The van der Waals surface area contributed by atoms with Crippen molar-refractivity contribution in [3.05, 3.63) is 34.9 Å². The minimum atomic E-state index is 0.566. The third kappa shape index (κ3) is 2.44. The number of halogens is 1. The molecule has 1 aliphatic rings. The summed E-state index contributed by atoms with van der Waals surface area (Å²) in [6.45, 7) is 4.59. The van der Waals surface area contributed by atoms with Gasteiger partial charge >= 0.3 is 0 Å². The molecule has 0 aliphatic heterocycles. The molecule has 1 heteroatoms. The SMILES string of the molecule is CCc1ccc2c(c1)C(Br)CC(C)CC2. The molecule has 0 amide bonds. The molecule has 0 N–H and O–H groups in total. The fourth-order valence-electron chi connectivity index (χ4n) is 2.38. The average Bonchev–Trinajstić information content (AvgIpc) is 2.38. The van der Waals surface area contributed by atoms with Crippen LogP contribution in [0.1, 0.15) is 48.2 Å². The van der Waals surface area contributed by atoms with Crippen molar-refractivity contribution in [2.24, 2.45) is 5.92 Å². The Morgan fingerprint density at radius 3 is 2.93 bits per heavy atom. The molecule has 0 radical (unpaired) electrons. The number of alkyl halides is 1. The Labute approximate surface area is 101 Å². The lowest BCUT2D eigenvalue weighted by Crippen LogP contribution is -1.96. The summed E-state index contributed by atoms with van der Waals surface area (Å²) in [4.78, 5) is 0.566. The van der Waals surface area contributed by atoms with Gasteiger partial charge in [-0.1, -0.05) is 48.0 Å². The van der Waals surface area contributed by atoms with Gasteiger partial charge in [0.2, 0.25) is 0 Å². The minimum Gasteiger partial charge on any atom is -0.0839 e. The second kappa shape index (κ2) is 4.69. The lowest BCUT2D eigenvalue weighted by Gasteiger charge is -2.13. The van der Waals surface area contributed by atoms with Crippen LogP contribution in [0.3, 0.4) is 0 Å². The maximum atomic E-state index is 3.84. The van der Waals surface area contributed by atoms with Gasteiger partial charge < -0.3 is 0 Å². The predicted octanol–water partition coefficient (Wildman–Crippen LogP) is 4.66. The molecule has 2 atom stereocenters. The van der Waals surface area contributed by atoms with Crippen LogP contribution in [0.2, 0.25) is 0 Å². The Hall–Kier alpha value is -0.300. The Balaban J connectivity index is 2.36. The first-order valence-corrected chi connectivity index (χ1v) is 6.88. The van der Waals surface area contributed by atoms with Gasteiger partial charge in [-0.15, -0.1) is 0 Å². The van der Waals surface area contributed by atoms with Crippen molar-refractivity contribution in [2.75, 3.05) is 0 Å². The van der Waals surface area contributed by atoms with E-state index in [1.807, 2.05) is 0 Å². The minimum absolute atomic E-state index is 0.566. The number of rotatable bonds is 1. The fraction of sp³-hybridized carbons (Fsp3) is 0.571. The van der Waals surface area contributed by atoms with Crippen LogP contribution < -0.4 is 0 Å². The lowest BCUT2D eigenvalue weighted by atomic mass is 9.99. The molecule has 15 heavy (non-hydrogen) atoms. The summed E-state index contributed by atoms with van der Waals surface area (Å²) < 4.78 is 0. The van der Waals surface area contributed by atoms with Crippen LogP contribution in [0.25, 0.3) is 0 Å². The molecular formula is C14H19Br. The summed E-state index contributed by atoms with van der Waals surface area (Å²) in [5.41, 5.74) is 4.56. The van der Waals surface area contributed by atoms with Crippen LogP contribution in [0, 0.1) is 5.92 Å². The highest BCUT2D eigenvalue weighted by atomic mass is 79.9. The molecule has 2 unspecified atom stereocenters. The van der Waals surface area contributed by atoms with Gasteiger partial charge in [0.05, 0.1) is 0 Å². The van der Waals surface area contributed by atoms with Gasteiger partial charge in [0, 0.05) is 4.83 Å². The number of aryl methyl sites for hydroxylation is 2. The first-order valence-electron chi connectivity index (χ1n) is 5.96. The van der Waals surface area contributed by atoms with E-state index in [2.05, 4.69) is 48.0 Å². The molecule has 2 rings (SSSR count). The van der Waals surface area contributed by atoms with E-state index in [4.69, 9.17) is 0 Å². The molecule has 1 aromatic rings.